The fourth-order valence-corrected chi connectivity index (χ4v) is 3.35. The maximum absolute atomic E-state index is 11.9. The van der Waals surface area contributed by atoms with Crippen LogP contribution >= 0.6 is 23.4 Å². The molecule has 8 heteroatoms. The van der Waals surface area contributed by atoms with E-state index in [1.165, 1.54) is 11.8 Å². The molecule has 0 saturated carbocycles. The van der Waals surface area contributed by atoms with E-state index in [0.717, 1.165) is 11.1 Å². The Morgan fingerprint density at radius 3 is 2.55 bits per heavy atom. The van der Waals surface area contributed by atoms with Crippen molar-refractivity contribution < 1.29 is 14.3 Å². The third kappa shape index (κ3) is 9.02. The summed E-state index contributed by atoms with van der Waals surface area (Å²) in [6.45, 7) is 3.75. The smallest absolute Gasteiger partial charge is 0.258 e. The van der Waals surface area contributed by atoms with Crippen LogP contribution in [0.5, 0.6) is 5.75 Å². The van der Waals surface area contributed by atoms with Crippen molar-refractivity contribution in [1.29, 1.82) is 0 Å². The quantitative estimate of drug-likeness (QED) is 0.443. The van der Waals surface area contributed by atoms with E-state index in [0.29, 0.717) is 16.5 Å². The minimum Gasteiger partial charge on any atom is -0.484 e. The molecule has 2 rings (SSSR count). The van der Waals surface area contributed by atoms with Crippen molar-refractivity contribution in [2.24, 2.45) is 5.10 Å². The molecule has 2 aromatic carbocycles. The number of thioether (sulfide) groups is 1. The lowest BCUT2D eigenvalue weighted by atomic mass is 10.2. The zero-order valence-electron chi connectivity index (χ0n) is 16.4. The zero-order chi connectivity index (χ0) is 21.1. The van der Waals surface area contributed by atoms with Crippen LogP contribution in [0.1, 0.15) is 25.0 Å². The number of carbonyl (C=O) groups is 2. The minimum absolute atomic E-state index is 0.0342. The number of carbonyl (C=O) groups excluding carboxylic acids is 2. The highest BCUT2D eigenvalue weighted by Gasteiger charge is 2.05. The molecular formula is C21H24ClN3O3S. The van der Waals surface area contributed by atoms with Crippen molar-refractivity contribution in [2.45, 2.75) is 25.6 Å². The standard InChI is InChI=1S/C21H24ClN3O3S/c1-15(2)24-20(26)12-28-18-9-7-16(8-10-18)11-23-25-21(27)14-29-13-17-5-3-4-6-19(17)22/h3-11,15H,12-14H2,1-2H3,(H,24,26)(H,25,27)/b23-11+. The molecule has 0 fully saturated rings. The summed E-state index contributed by atoms with van der Waals surface area (Å²) in [6, 6.07) is 14.7. The Kier molecular flexibility index (Phi) is 9.53. The first-order valence-electron chi connectivity index (χ1n) is 9.09. The van der Waals surface area contributed by atoms with Crippen molar-refractivity contribution in [3.05, 3.63) is 64.7 Å². The molecule has 2 N–H and O–H groups in total. The summed E-state index contributed by atoms with van der Waals surface area (Å²) in [5, 5.41) is 7.41. The normalized spacial score (nSPS) is 10.9. The highest BCUT2D eigenvalue weighted by molar-refractivity contribution is 7.99. The number of halogens is 1. The van der Waals surface area contributed by atoms with E-state index < -0.39 is 0 Å². The van der Waals surface area contributed by atoms with Crippen LogP contribution in [-0.4, -0.2) is 36.4 Å². The molecule has 0 aliphatic rings. The lowest BCUT2D eigenvalue weighted by Gasteiger charge is -2.09. The van der Waals surface area contributed by atoms with Crippen molar-refractivity contribution in [3.63, 3.8) is 0 Å². The molecule has 2 aromatic rings. The van der Waals surface area contributed by atoms with Gasteiger partial charge < -0.3 is 10.1 Å². The molecule has 0 saturated heterocycles. The van der Waals surface area contributed by atoms with Crippen LogP contribution in [0.2, 0.25) is 5.02 Å². The maximum Gasteiger partial charge on any atom is 0.258 e. The number of amides is 2. The maximum atomic E-state index is 11.9. The molecule has 0 aliphatic carbocycles. The summed E-state index contributed by atoms with van der Waals surface area (Å²) in [5.41, 5.74) is 4.30. The van der Waals surface area contributed by atoms with Crippen LogP contribution in [0, 0.1) is 0 Å². The summed E-state index contributed by atoms with van der Waals surface area (Å²) in [5.74, 6) is 1.18. The molecule has 0 radical (unpaired) electrons. The summed E-state index contributed by atoms with van der Waals surface area (Å²) in [7, 11) is 0. The topological polar surface area (TPSA) is 79.8 Å². The zero-order valence-corrected chi connectivity index (χ0v) is 17.9. The van der Waals surface area contributed by atoms with Crippen LogP contribution in [0.3, 0.4) is 0 Å². The van der Waals surface area contributed by atoms with Crippen molar-refractivity contribution in [2.75, 3.05) is 12.4 Å². The Labute approximate surface area is 180 Å². The van der Waals surface area contributed by atoms with E-state index in [-0.39, 0.29) is 30.2 Å². The van der Waals surface area contributed by atoms with Crippen molar-refractivity contribution in [1.82, 2.24) is 10.7 Å². The first-order chi connectivity index (χ1) is 13.9. The molecule has 6 nitrogen and oxygen atoms in total. The van der Waals surface area contributed by atoms with Gasteiger partial charge in [0.1, 0.15) is 5.75 Å². The predicted molar refractivity (Wildman–Crippen MR) is 119 cm³/mol. The fourth-order valence-electron chi connectivity index (χ4n) is 2.24. The Hall–Kier alpha value is -2.51. The second-order valence-corrected chi connectivity index (χ2v) is 7.85. The van der Waals surface area contributed by atoms with E-state index >= 15 is 0 Å². The van der Waals surface area contributed by atoms with Crippen LogP contribution in [0.25, 0.3) is 0 Å². The molecular weight excluding hydrogens is 410 g/mol. The van der Waals surface area contributed by atoms with Gasteiger partial charge in [-0.25, -0.2) is 5.43 Å². The number of benzene rings is 2. The second-order valence-electron chi connectivity index (χ2n) is 6.46. The van der Waals surface area contributed by atoms with Crippen LogP contribution in [0.4, 0.5) is 0 Å². The van der Waals surface area contributed by atoms with Crippen molar-refractivity contribution >= 4 is 41.4 Å². The Balaban J connectivity index is 1.69. The number of hydrazone groups is 1. The van der Waals surface area contributed by atoms with Gasteiger partial charge in [-0.05, 0) is 55.3 Å². The van der Waals surface area contributed by atoms with Gasteiger partial charge in [-0.1, -0.05) is 29.8 Å². The van der Waals surface area contributed by atoms with Crippen LogP contribution in [-0.2, 0) is 15.3 Å². The van der Waals surface area contributed by atoms with E-state index in [9.17, 15) is 9.59 Å². The number of hydrogen-bond donors (Lipinski definition) is 2. The van der Waals surface area contributed by atoms with E-state index in [4.69, 9.17) is 16.3 Å². The minimum atomic E-state index is -0.186. The molecule has 0 aliphatic heterocycles. The predicted octanol–water partition coefficient (Wildman–Crippen LogP) is 3.63. The first-order valence-corrected chi connectivity index (χ1v) is 10.6. The van der Waals surface area contributed by atoms with Gasteiger partial charge in [0.15, 0.2) is 6.61 Å². The summed E-state index contributed by atoms with van der Waals surface area (Å²) >= 11 is 7.56. The third-order valence-electron chi connectivity index (χ3n) is 3.55. The molecule has 0 aromatic heterocycles. The van der Waals surface area contributed by atoms with Gasteiger partial charge >= 0.3 is 0 Å². The van der Waals surface area contributed by atoms with Gasteiger partial charge in [-0.15, -0.1) is 11.8 Å². The van der Waals surface area contributed by atoms with Gasteiger partial charge in [0.25, 0.3) is 5.91 Å². The van der Waals surface area contributed by atoms with Crippen LogP contribution < -0.4 is 15.5 Å². The Morgan fingerprint density at radius 2 is 1.86 bits per heavy atom. The first kappa shape index (κ1) is 22.8. The second kappa shape index (κ2) is 12.1. The molecule has 0 unspecified atom stereocenters. The Morgan fingerprint density at radius 1 is 1.14 bits per heavy atom. The summed E-state index contributed by atoms with van der Waals surface area (Å²) in [6.07, 6.45) is 1.55. The molecule has 0 heterocycles. The number of ether oxygens (including phenoxy) is 1. The molecule has 0 spiro atoms. The molecule has 0 atom stereocenters. The molecule has 0 bridgehead atoms. The van der Waals surface area contributed by atoms with Gasteiger partial charge in [-0.2, -0.15) is 5.10 Å². The molecule has 154 valence electrons. The lowest BCUT2D eigenvalue weighted by Crippen LogP contribution is -2.34. The van der Waals surface area contributed by atoms with Crippen LogP contribution in [0.15, 0.2) is 53.6 Å². The molecule has 2 amide bonds. The van der Waals surface area contributed by atoms with Gasteiger partial charge in [0, 0.05) is 16.8 Å². The number of nitrogens with one attached hydrogen (secondary N) is 2. The highest BCUT2D eigenvalue weighted by atomic mass is 35.5. The lowest BCUT2D eigenvalue weighted by molar-refractivity contribution is -0.123. The Bertz CT molecular complexity index is 841. The average Bonchev–Trinajstić information content (AvgIpc) is 2.68. The van der Waals surface area contributed by atoms with E-state index in [2.05, 4.69) is 15.8 Å². The largest absolute Gasteiger partial charge is 0.484 e. The fraction of sp³-hybridized carbons (Fsp3) is 0.286. The molecule has 29 heavy (non-hydrogen) atoms. The van der Waals surface area contributed by atoms with Gasteiger partial charge in [-0.3, -0.25) is 9.59 Å². The van der Waals surface area contributed by atoms with E-state index in [1.54, 1.807) is 30.5 Å². The number of hydrogen-bond acceptors (Lipinski definition) is 5. The number of rotatable bonds is 10. The van der Waals surface area contributed by atoms with Crippen molar-refractivity contribution in [3.8, 4) is 5.75 Å². The third-order valence-corrected chi connectivity index (χ3v) is 4.90. The van der Waals surface area contributed by atoms with Gasteiger partial charge in [0.2, 0.25) is 5.91 Å². The summed E-state index contributed by atoms with van der Waals surface area (Å²) in [4.78, 5) is 23.4. The monoisotopic (exact) mass is 433 g/mol. The number of nitrogens with zero attached hydrogens (tertiary/aromatic N) is 1. The average molecular weight is 434 g/mol. The summed E-state index contributed by atoms with van der Waals surface area (Å²) < 4.78 is 5.42. The highest BCUT2D eigenvalue weighted by Crippen LogP contribution is 2.20. The SMILES string of the molecule is CC(C)NC(=O)COc1ccc(/C=N/NC(=O)CSCc2ccccc2Cl)cc1. The van der Waals surface area contributed by atoms with E-state index in [1.807, 2.05) is 38.1 Å². The van der Waals surface area contributed by atoms with Gasteiger partial charge in [0.05, 0.1) is 12.0 Å².